The Bertz CT molecular complexity index is 364. The van der Waals surface area contributed by atoms with Crippen molar-refractivity contribution in [1.82, 2.24) is 4.98 Å². The van der Waals surface area contributed by atoms with Gasteiger partial charge in [-0.1, -0.05) is 6.92 Å². The Morgan fingerprint density at radius 1 is 1.21 bits per heavy atom. The van der Waals surface area contributed by atoms with Crippen LogP contribution in [0.2, 0.25) is 0 Å². The molecule has 0 spiro atoms. The lowest BCUT2D eigenvalue weighted by atomic mass is 10.2. The van der Waals surface area contributed by atoms with Crippen LogP contribution in [0.4, 0.5) is 0 Å². The van der Waals surface area contributed by atoms with Crippen LogP contribution >= 0.6 is 0 Å². The summed E-state index contributed by atoms with van der Waals surface area (Å²) in [6.45, 7) is 4.18. The van der Waals surface area contributed by atoms with Crippen molar-refractivity contribution in [3.63, 3.8) is 0 Å². The largest absolute Gasteiger partial charge is 0.490 e. The second kappa shape index (κ2) is 9.47. The first kappa shape index (κ1) is 15.6. The molecule has 0 atom stereocenters. The van der Waals surface area contributed by atoms with Gasteiger partial charge in [0.2, 0.25) is 0 Å². The Kier molecular flexibility index (Phi) is 7.77. The number of nitrogens with zero attached hydrogens (tertiary/aromatic N) is 1. The zero-order valence-electron chi connectivity index (χ0n) is 11.6. The highest BCUT2D eigenvalue weighted by atomic mass is 16.5. The molecule has 0 N–H and O–H groups in total. The van der Waals surface area contributed by atoms with E-state index in [4.69, 9.17) is 14.2 Å². The Labute approximate surface area is 113 Å². The molecule has 1 rings (SSSR count). The van der Waals surface area contributed by atoms with Crippen LogP contribution in [0.5, 0.6) is 5.75 Å². The van der Waals surface area contributed by atoms with Crippen LogP contribution in [0.1, 0.15) is 30.3 Å². The summed E-state index contributed by atoms with van der Waals surface area (Å²) >= 11 is 0. The standard InChI is InChI=1S/C14H21NO4/c1-3-14(16)13-6-5-12(11-15-13)19-10-9-18-8-4-7-17-2/h5-6,11H,3-4,7-10H2,1-2H3. The first-order valence-electron chi connectivity index (χ1n) is 6.46. The summed E-state index contributed by atoms with van der Waals surface area (Å²) in [6.07, 6.45) is 2.90. The van der Waals surface area contributed by atoms with Gasteiger partial charge >= 0.3 is 0 Å². The summed E-state index contributed by atoms with van der Waals surface area (Å²) in [5.74, 6) is 0.682. The molecule has 0 unspecified atom stereocenters. The smallest absolute Gasteiger partial charge is 0.180 e. The molecule has 0 fully saturated rings. The summed E-state index contributed by atoms with van der Waals surface area (Å²) in [7, 11) is 1.67. The molecule has 1 aromatic rings. The molecule has 0 radical (unpaired) electrons. The molecule has 0 amide bonds. The maximum absolute atomic E-state index is 11.4. The van der Waals surface area contributed by atoms with Gasteiger partial charge in [-0.2, -0.15) is 0 Å². The Morgan fingerprint density at radius 3 is 2.68 bits per heavy atom. The number of Topliss-reactive ketones (excluding diaryl/α,β-unsaturated/α-hetero) is 1. The van der Waals surface area contributed by atoms with E-state index in [-0.39, 0.29) is 5.78 Å². The van der Waals surface area contributed by atoms with Crippen LogP contribution < -0.4 is 4.74 Å². The fourth-order valence-electron chi connectivity index (χ4n) is 1.44. The van der Waals surface area contributed by atoms with Crippen LogP contribution in [0.15, 0.2) is 18.3 Å². The first-order chi connectivity index (χ1) is 9.27. The minimum atomic E-state index is 0.0352. The van der Waals surface area contributed by atoms with E-state index in [9.17, 15) is 4.79 Å². The van der Waals surface area contributed by atoms with Crippen molar-refractivity contribution in [1.29, 1.82) is 0 Å². The minimum Gasteiger partial charge on any atom is -0.490 e. The number of carbonyl (C=O) groups excluding carboxylic acids is 1. The van der Waals surface area contributed by atoms with Gasteiger partial charge in [0.25, 0.3) is 0 Å². The number of aromatic nitrogens is 1. The van der Waals surface area contributed by atoms with Gasteiger partial charge in [-0.25, -0.2) is 4.98 Å². The molecular weight excluding hydrogens is 246 g/mol. The Morgan fingerprint density at radius 2 is 2.05 bits per heavy atom. The molecular formula is C14H21NO4. The fourth-order valence-corrected chi connectivity index (χ4v) is 1.44. The maximum Gasteiger partial charge on any atom is 0.180 e. The van der Waals surface area contributed by atoms with E-state index in [0.29, 0.717) is 44.3 Å². The summed E-state index contributed by atoms with van der Waals surface area (Å²) in [5, 5.41) is 0. The van der Waals surface area contributed by atoms with E-state index in [1.807, 2.05) is 6.92 Å². The molecule has 5 nitrogen and oxygen atoms in total. The number of ether oxygens (including phenoxy) is 3. The minimum absolute atomic E-state index is 0.0352. The third-order valence-electron chi connectivity index (χ3n) is 2.48. The van der Waals surface area contributed by atoms with Crippen LogP contribution in [-0.4, -0.2) is 44.3 Å². The van der Waals surface area contributed by atoms with Gasteiger partial charge < -0.3 is 14.2 Å². The number of pyridine rings is 1. The molecule has 1 heterocycles. The van der Waals surface area contributed by atoms with E-state index in [2.05, 4.69) is 4.98 Å². The lowest BCUT2D eigenvalue weighted by Crippen LogP contribution is -2.09. The van der Waals surface area contributed by atoms with Crippen molar-refractivity contribution < 1.29 is 19.0 Å². The summed E-state index contributed by atoms with van der Waals surface area (Å²) in [5.41, 5.74) is 0.477. The number of hydrogen-bond acceptors (Lipinski definition) is 5. The molecule has 0 aliphatic carbocycles. The van der Waals surface area contributed by atoms with Crippen molar-refractivity contribution in [2.24, 2.45) is 0 Å². The quantitative estimate of drug-likeness (QED) is 0.480. The second-order valence-electron chi connectivity index (χ2n) is 3.96. The second-order valence-corrected chi connectivity index (χ2v) is 3.96. The highest BCUT2D eigenvalue weighted by Gasteiger charge is 2.04. The van der Waals surface area contributed by atoms with Crippen LogP contribution in [0.25, 0.3) is 0 Å². The van der Waals surface area contributed by atoms with E-state index in [1.54, 1.807) is 25.4 Å². The van der Waals surface area contributed by atoms with Gasteiger partial charge in [0.1, 0.15) is 18.1 Å². The predicted octanol–water partition coefficient (Wildman–Crippen LogP) is 2.11. The number of ketones is 1. The summed E-state index contributed by atoms with van der Waals surface area (Å²) in [6, 6.07) is 3.43. The molecule has 0 aromatic carbocycles. The number of carbonyl (C=O) groups is 1. The highest BCUT2D eigenvalue weighted by molar-refractivity contribution is 5.93. The normalized spacial score (nSPS) is 10.4. The predicted molar refractivity (Wildman–Crippen MR) is 71.7 cm³/mol. The van der Waals surface area contributed by atoms with Crippen molar-refractivity contribution in [2.75, 3.05) is 33.5 Å². The Hall–Kier alpha value is -1.46. The van der Waals surface area contributed by atoms with E-state index < -0.39 is 0 Å². The van der Waals surface area contributed by atoms with Crippen LogP contribution in [-0.2, 0) is 9.47 Å². The SMILES string of the molecule is CCC(=O)c1ccc(OCCOCCCOC)cn1. The van der Waals surface area contributed by atoms with Crippen molar-refractivity contribution >= 4 is 5.78 Å². The highest BCUT2D eigenvalue weighted by Crippen LogP contribution is 2.10. The van der Waals surface area contributed by atoms with Gasteiger partial charge in [-0.3, -0.25) is 4.79 Å². The van der Waals surface area contributed by atoms with Gasteiger partial charge in [-0.15, -0.1) is 0 Å². The number of methoxy groups -OCH3 is 1. The third-order valence-corrected chi connectivity index (χ3v) is 2.48. The topological polar surface area (TPSA) is 57.7 Å². The van der Waals surface area contributed by atoms with E-state index in [1.165, 1.54) is 0 Å². The molecule has 5 heteroatoms. The molecule has 0 aliphatic heterocycles. The molecule has 1 aromatic heterocycles. The van der Waals surface area contributed by atoms with Gasteiger partial charge in [0.15, 0.2) is 5.78 Å². The monoisotopic (exact) mass is 267 g/mol. The van der Waals surface area contributed by atoms with Crippen LogP contribution in [0, 0.1) is 0 Å². The molecule has 19 heavy (non-hydrogen) atoms. The summed E-state index contributed by atoms with van der Waals surface area (Å²) < 4.78 is 15.7. The number of hydrogen-bond donors (Lipinski definition) is 0. The average Bonchev–Trinajstić information content (AvgIpc) is 2.46. The summed E-state index contributed by atoms with van der Waals surface area (Å²) in [4.78, 5) is 15.4. The van der Waals surface area contributed by atoms with E-state index in [0.717, 1.165) is 6.42 Å². The molecule has 0 aliphatic rings. The van der Waals surface area contributed by atoms with Crippen molar-refractivity contribution in [2.45, 2.75) is 19.8 Å². The van der Waals surface area contributed by atoms with Crippen molar-refractivity contribution in [3.05, 3.63) is 24.0 Å². The molecule has 106 valence electrons. The first-order valence-corrected chi connectivity index (χ1v) is 6.46. The number of rotatable bonds is 10. The zero-order chi connectivity index (χ0) is 13.9. The third kappa shape index (κ3) is 6.31. The fraction of sp³-hybridized carbons (Fsp3) is 0.571. The Balaban J connectivity index is 2.18. The zero-order valence-corrected chi connectivity index (χ0v) is 11.6. The maximum atomic E-state index is 11.4. The molecule has 0 bridgehead atoms. The molecule has 0 saturated carbocycles. The van der Waals surface area contributed by atoms with Gasteiger partial charge in [0, 0.05) is 26.7 Å². The van der Waals surface area contributed by atoms with Gasteiger partial charge in [0.05, 0.1) is 12.8 Å². The van der Waals surface area contributed by atoms with Crippen molar-refractivity contribution in [3.8, 4) is 5.75 Å². The lowest BCUT2D eigenvalue weighted by Gasteiger charge is -2.07. The van der Waals surface area contributed by atoms with E-state index >= 15 is 0 Å². The van der Waals surface area contributed by atoms with Gasteiger partial charge in [-0.05, 0) is 18.6 Å². The molecule has 0 saturated heterocycles. The van der Waals surface area contributed by atoms with Crippen LogP contribution in [0.3, 0.4) is 0 Å². The average molecular weight is 267 g/mol. The lowest BCUT2D eigenvalue weighted by molar-refractivity contribution is 0.0805.